The Balaban J connectivity index is 1.51. The largest absolute Gasteiger partial charge is 0.336 e. The van der Waals surface area contributed by atoms with Crippen LogP contribution in [0.2, 0.25) is 0 Å². The number of nitriles is 1. The Morgan fingerprint density at radius 2 is 2.11 bits per heavy atom. The van der Waals surface area contributed by atoms with E-state index in [0.29, 0.717) is 18.1 Å². The molecular weight excluding hydrogens is 360 g/mol. The molecule has 2 unspecified atom stereocenters. The summed E-state index contributed by atoms with van der Waals surface area (Å²) in [6.07, 6.45) is 1.81. The van der Waals surface area contributed by atoms with Crippen LogP contribution < -0.4 is 0 Å². The predicted molar refractivity (Wildman–Crippen MR) is 101 cm³/mol. The minimum absolute atomic E-state index is 0.0833. The van der Waals surface area contributed by atoms with E-state index in [0.717, 1.165) is 15.9 Å². The summed E-state index contributed by atoms with van der Waals surface area (Å²) in [7, 11) is 0. The fourth-order valence-corrected chi connectivity index (χ4v) is 4.31. The van der Waals surface area contributed by atoms with Crippen LogP contribution >= 0.6 is 11.3 Å². The number of benzene rings is 1. The number of nitrogens with zero attached hydrogens (tertiary/aromatic N) is 4. The fraction of sp³-hybridized carbons (Fsp3) is 0.250. The molecule has 1 saturated heterocycles. The van der Waals surface area contributed by atoms with E-state index in [9.17, 15) is 14.9 Å². The van der Waals surface area contributed by atoms with E-state index in [1.165, 1.54) is 11.3 Å². The van der Waals surface area contributed by atoms with Gasteiger partial charge < -0.3 is 4.90 Å². The maximum atomic E-state index is 12.9. The Labute approximate surface area is 160 Å². The molecule has 0 aliphatic carbocycles. The number of hydrogen-bond acceptors (Lipinski definition) is 6. The van der Waals surface area contributed by atoms with E-state index in [4.69, 9.17) is 0 Å². The van der Waals surface area contributed by atoms with Crippen LogP contribution in [-0.4, -0.2) is 33.1 Å². The highest BCUT2D eigenvalue weighted by Crippen LogP contribution is 2.32. The van der Waals surface area contributed by atoms with Gasteiger partial charge in [-0.2, -0.15) is 5.26 Å². The monoisotopic (exact) mass is 376 g/mol. The quantitative estimate of drug-likeness (QED) is 0.683. The first kappa shape index (κ1) is 17.3. The van der Waals surface area contributed by atoms with E-state index in [-0.39, 0.29) is 18.1 Å². The van der Waals surface area contributed by atoms with Crippen LogP contribution in [0.4, 0.5) is 0 Å². The van der Waals surface area contributed by atoms with Gasteiger partial charge in [0.1, 0.15) is 5.01 Å². The number of hydrogen-bond donors (Lipinski definition) is 0. The third kappa shape index (κ3) is 3.44. The van der Waals surface area contributed by atoms with E-state index in [1.54, 1.807) is 11.1 Å². The molecule has 1 amide bonds. The smallest absolute Gasteiger partial charge is 0.223 e. The number of carbonyl (C=O) groups is 2. The van der Waals surface area contributed by atoms with Crippen LogP contribution in [-0.2, 0) is 16.1 Å². The first-order valence-corrected chi connectivity index (χ1v) is 9.44. The molecule has 1 aliphatic heterocycles. The Bertz CT molecular complexity index is 1010. The zero-order chi connectivity index (χ0) is 18.8. The molecule has 4 rings (SSSR count). The number of carbonyl (C=O) groups excluding carboxylic acids is 2. The molecule has 0 N–H and O–H groups in total. The highest BCUT2D eigenvalue weighted by atomic mass is 32.1. The van der Waals surface area contributed by atoms with Crippen LogP contribution in [0, 0.1) is 17.2 Å². The van der Waals surface area contributed by atoms with Crippen LogP contribution in [0.25, 0.3) is 10.2 Å². The summed E-state index contributed by atoms with van der Waals surface area (Å²) in [5, 5.41) is 10.1. The van der Waals surface area contributed by atoms with E-state index in [1.807, 2.05) is 42.5 Å². The average molecular weight is 376 g/mol. The number of likely N-dealkylation sites (tertiary alicyclic amines) is 1. The van der Waals surface area contributed by atoms with Crippen molar-refractivity contribution < 1.29 is 9.59 Å². The predicted octanol–water partition coefficient (Wildman–Crippen LogP) is 2.92. The molecule has 27 heavy (non-hydrogen) atoms. The lowest BCUT2D eigenvalue weighted by atomic mass is 9.93. The molecule has 0 bridgehead atoms. The van der Waals surface area contributed by atoms with Crippen molar-refractivity contribution in [2.75, 3.05) is 6.54 Å². The van der Waals surface area contributed by atoms with Crippen molar-refractivity contribution in [3.63, 3.8) is 0 Å². The van der Waals surface area contributed by atoms with Crippen molar-refractivity contribution in [1.82, 2.24) is 14.9 Å². The number of Topliss-reactive ketones (excluding diaryl/α,β-unsaturated/α-hetero) is 1. The first-order valence-electron chi connectivity index (χ1n) is 8.62. The lowest BCUT2D eigenvalue weighted by Gasteiger charge is -2.16. The van der Waals surface area contributed by atoms with Gasteiger partial charge in [0.05, 0.1) is 28.5 Å². The second kappa shape index (κ2) is 7.25. The third-order valence-corrected chi connectivity index (χ3v) is 5.77. The average Bonchev–Trinajstić information content (AvgIpc) is 3.27. The van der Waals surface area contributed by atoms with Gasteiger partial charge in [-0.15, -0.1) is 11.3 Å². The summed E-state index contributed by atoms with van der Waals surface area (Å²) in [4.78, 5) is 35.6. The van der Waals surface area contributed by atoms with E-state index < -0.39 is 11.8 Å². The summed E-state index contributed by atoms with van der Waals surface area (Å²) in [6.45, 7) is 0.694. The van der Waals surface area contributed by atoms with Gasteiger partial charge in [0.15, 0.2) is 11.7 Å². The molecule has 0 saturated carbocycles. The van der Waals surface area contributed by atoms with Gasteiger partial charge in [0.2, 0.25) is 5.91 Å². The Morgan fingerprint density at radius 3 is 2.85 bits per heavy atom. The zero-order valence-corrected chi connectivity index (χ0v) is 15.2. The van der Waals surface area contributed by atoms with Gasteiger partial charge in [0.25, 0.3) is 0 Å². The standard InChI is InChI=1S/C20H16N4O2S/c21-10-15(20-23-16-6-1-2-7-17(16)27-20)19(26)13-9-18(25)24(11-13)12-14-5-3-4-8-22-14/h1-8,13,15H,9,11-12H2. The fourth-order valence-electron chi connectivity index (χ4n) is 3.29. The van der Waals surface area contributed by atoms with Gasteiger partial charge in [-0.05, 0) is 24.3 Å². The van der Waals surface area contributed by atoms with Crippen molar-refractivity contribution >= 4 is 33.2 Å². The third-order valence-electron chi connectivity index (χ3n) is 4.67. The number of amides is 1. The number of fused-ring (bicyclic) bond motifs is 1. The van der Waals surface area contributed by atoms with Gasteiger partial charge in [-0.1, -0.05) is 18.2 Å². The van der Waals surface area contributed by atoms with E-state index in [2.05, 4.69) is 16.0 Å². The van der Waals surface area contributed by atoms with Gasteiger partial charge in [0, 0.05) is 25.1 Å². The van der Waals surface area contributed by atoms with Gasteiger partial charge in [-0.3, -0.25) is 14.6 Å². The van der Waals surface area contributed by atoms with Crippen molar-refractivity contribution in [2.45, 2.75) is 18.9 Å². The minimum Gasteiger partial charge on any atom is -0.336 e. The Morgan fingerprint density at radius 1 is 1.30 bits per heavy atom. The van der Waals surface area contributed by atoms with E-state index >= 15 is 0 Å². The SMILES string of the molecule is N#CC(C(=O)C1CC(=O)N(Cc2ccccn2)C1)c1nc2ccccc2s1. The lowest BCUT2D eigenvalue weighted by molar-refractivity contribution is -0.129. The number of aromatic nitrogens is 2. The number of rotatable bonds is 5. The first-order chi connectivity index (χ1) is 13.2. The summed E-state index contributed by atoms with van der Waals surface area (Å²) in [5.41, 5.74) is 1.56. The maximum absolute atomic E-state index is 12.9. The van der Waals surface area contributed by atoms with Crippen LogP contribution in [0.1, 0.15) is 23.0 Å². The molecule has 6 nitrogen and oxygen atoms in total. The highest BCUT2D eigenvalue weighted by molar-refractivity contribution is 7.18. The van der Waals surface area contributed by atoms with Crippen LogP contribution in [0.15, 0.2) is 48.7 Å². The minimum atomic E-state index is -0.935. The molecule has 2 aromatic heterocycles. The molecule has 7 heteroatoms. The zero-order valence-electron chi connectivity index (χ0n) is 14.4. The van der Waals surface area contributed by atoms with Crippen molar-refractivity contribution in [1.29, 1.82) is 5.26 Å². The molecule has 3 heterocycles. The number of pyridine rings is 1. The summed E-state index contributed by atoms with van der Waals surface area (Å²) in [5.74, 6) is -1.73. The molecule has 0 spiro atoms. The molecule has 134 valence electrons. The van der Waals surface area contributed by atoms with Crippen molar-refractivity contribution in [2.24, 2.45) is 5.92 Å². The number of para-hydroxylation sites is 1. The normalized spacial score (nSPS) is 17.8. The maximum Gasteiger partial charge on any atom is 0.223 e. The molecule has 1 fully saturated rings. The van der Waals surface area contributed by atoms with Crippen molar-refractivity contribution in [3.05, 3.63) is 59.4 Å². The molecule has 1 aliphatic rings. The molecule has 1 aromatic carbocycles. The number of thiazole rings is 1. The van der Waals surface area contributed by atoms with Crippen molar-refractivity contribution in [3.8, 4) is 6.07 Å². The summed E-state index contributed by atoms with van der Waals surface area (Å²) in [6, 6.07) is 15.2. The highest BCUT2D eigenvalue weighted by Gasteiger charge is 2.39. The van der Waals surface area contributed by atoms with Crippen LogP contribution in [0.3, 0.4) is 0 Å². The number of ketones is 1. The molecule has 0 radical (unpaired) electrons. The molecular formula is C20H16N4O2S. The van der Waals surface area contributed by atoms with Crippen LogP contribution in [0.5, 0.6) is 0 Å². The molecule has 3 aromatic rings. The van der Waals surface area contributed by atoms with Gasteiger partial charge in [-0.25, -0.2) is 4.98 Å². The van der Waals surface area contributed by atoms with Gasteiger partial charge >= 0.3 is 0 Å². The second-order valence-corrected chi connectivity index (χ2v) is 7.54. The summed E-state index contributed by atoms with van der Waals surface area (Å²) < 4.78 is 0.944. The lowest BCUT2D eigenvalue weighted by Crippen LogP contribution is -2.27. The molecule has 2 atom stereocenters. The Kier molecular flexibility index (Phi) is 4.65. The topological polar surface area (TPSA) is 87.0 Å². The second-order valence-electron chi connectivity index (χ2n) is 6.48. The summed E-state index contributed by atoms with van der Waals surface area (Å²) >= 11 is 1.36. The Hall–Kier alpha value is -3.11.